The summed E-state index contributed by atoms with van der Waals surface area (Å²) in [4.78, 5) is 25.8. The lowest BCUT2D eigenvalue weighted by molar-refractivity contribution is -0.132. The lowest BCUT2D eigenvalue weighted by atomic mass is 9.88. The molecule has 1 radical (unpaired) electrons. The number of amides is 3. The zero-order chi connectivity index (χ0) is 13.3. The summed E-state index contributed by atoms with van der Waals surface area (Å²) < 4.78 is 0. The molecule has 0 aliphatic carbocycles. The molecular weight excluding hydrogens is 242 g/mol. The molecule has 1 N–H and O–H groups in total. The van der Waals surface area contributed by atoms with E-state index in [9.17, 15) is 9.59 Å². The Labute approximate surface area is 112 Å². The van der Waals surface area contributed by atoms with Crippen LogP contribution in [0, 0.1) is 0 Å². The van der Waals surface area contributed by atoms with Gasteiger partial charge in [-0.3, -0.25) is 9.69 Å². The molecule has 2 fully saturated rings. The van der Waals surface area contributed by atoms with Gasteiger partial charge in [-0.1, -0.05) is 30.3 Å². The Bertz CT molecular complexity index is 495. The highest BCUT2D eigenvalue weighted by Crippen LogP contribution is 2.28. The predicted octanol–water partition coefficient (Wildman–Crippen LogP) is 0.875. The fraction of sp³-hybridized carbons (Fsp3) is 0.429. The molecule has 0 unspecified atom stereocenters. The van der Waals surface area contributed by atoms with Crippen LogP contribution in [0.5, 0.6) is 0 Å². The van der Waals surface area contributed by atoms with Crippen molar-refractivity contribution in [2.75, 3.05) is 13.1 Å². The van der Waals surface area contributed by atoms with E-state index in [2.05, 4.69) is 10.6 Å². The van der Waals surface area contributed by atoms with Gasteiger partial charge < -0.3 is 5.32 Å². The van der Waals surface area contributed by atoms with E-state index >= 15 is 0 Å². The maximum absolute atomic E-state index is 12.5. The smallest absolute Gasteiger partial charge is 0.323 e. The van der Waals surface area contributed by atoms with E-state index in [1.54, 1.807) is 0 Å². The average Bonchev–Trinajstić information content (AvgIpc) is 2.66. The van der Waals surface area contributed by atoms with E-state index in [1.807, 2.05) is 30.3 Å². The average molecular weight is 258 g/mol. The van der Waals surface area contributed by atoms with Crippen molar-refractivity contribution in [3.63, 3.8) is 0 Å². The third kappa shape index (κ3) is 2.10. The lowest BCUT2D eigenvalue weighted by Gasteiger charge is -2.30. The number of carbonyl (C=O) groups excluding carboxylic acids is 2. The summed E-state index contributed by atoms with van der Waals surface area (Å²) in [6.07, 6.45) is 1.23. The first-order chi connectivity index (χ1) is 9.21. The maximum Gasteiger partial charge on any atom is 0.325 e. The summed E-state index contributed by atoms with van der Waals surface area (Å²) in [5.74, 6) is -0.101. The molecule has 1 aromatic carbocycles. The molecule has 1 aromatic rings. The second-order valence-corrected chi connectivity index (χ2v) is 5.06. The van der Waals surface area contributed by atoms with Gasteiger partial charge in [0.2, 0.25) is 0 Å². The number of imide groups is 1. The molecule has 1 spiro atoms. The highest BCUT2D eigenvalue weighted by molar-refractivity contribution is 6.07. The van der Waals surface area contributed by atoms with Crippen LogP contribution < -0.4 is 10.6 Å². The van der Waals surface area contributed by atoms with E-state index in [0.29, 0.717) is 32.5 Å². The highest BCUT2D eigenvalue weighted by Gasteiger charge is 2.51. The molecule has 2 saturated heterocycles. The molecule has 3 rings (SSSR count). The van der Waals surface area contributed by atoms with Gasteiger partial charge in [-0.15, -0.1) is 0 Å². The molecule has 5 nitrogen and oxygen atoms in total. The van der Waals surface area contributed by atoms with E-state index in [-0.39, 0.29) is 11.9 Å². The van der Waals surface area contributed by atoms with Crippen molar-refractivity contribution >= 4 is 11.9 Å². The van der Waals surface area contributed by atoms with E-state index in [4.69, 9.17) is 0 Å². The van der Waals surface area contributed by atoms with Crippen LogP contribution in [0.1, 0.15) is 18.4 Å². The van der Waals surface area contributed by atoms with Gasteiger partial charge in [0, 0.05) is 13.1 Å². The Morgan fingerprint density at radius 2 is 1.84 bits per heavy atom. The number of carbonyl (C=O) groups is 2. The van der Waals surface area contributed by atoms with Crippen molar-refractivity contribution in [2.45, 2.75) is 24.9 Å². The standard InChI is InChI=1S/C14H16N3O2/c18-12-14(6-8-15-9-7-14)16-13(19)17(12)10-11-4-2-1-3-5-11/h1-5H,6-10H2,(H,16,19). The van der Waals surface area contributed by atoms with Crippen LogP contribution in [-0.2, 0) is 11.3 Å². The van der Waals surface area contributed by atoms with Crippen LogP contribution in [-0.4, -0.2) is 35.5 Å². The molecule has 5 heteroatoms. The minimum atomic E-state index is -0.701. The number of rotatable bonds is 2. The minimum absolute atomic E-state index is 0.101. The summed E-state index contributed by atoms with van der Waals surface area (Å²) in [5.41, 5.74) is 0.261. The van der Waals surface area contributed by atoms with Gasteiger partial charge in [-0.2, -0.15) is 0 Å². The van der Waals surface area contributed by atoms with Crippen LogP contribution in [0.15, 0.2) is 30.3 Å². The topological polar surface area (TPSA) is 63.5 Å². The molecule has 2 heterocycles. The Morgan fingerprint density at radius 1 is 1.16 bits per heavy atom. The summed E-state index contributed by atoms with van der Waals surface area (Å²) in [6.45, 7) is 1.63. The van der Waals surface area contributed by atoms with Gasteiger partial charge in [0.1, 0.15) is 5.54 Å². The van der Waals surface area contributed by atoms with Crippen molar-refractivity contribution < 1.29 is 9.59 Å². The molecule has 3 amide bonds. The van der Waals surface area contributed by atoms with Crippen LogP contribution >= 0.6 is 0 Å². The quantitative estimate of drug-likeness (QED) is 0.800. The Hall–Kier alpha value is -1.88. The number of hydrogen-bond acceptors (Lipinski definition) is 2. The van der Waals surface area contributed by atoms with Crippen molar-refractivity contribution in [1.29, 1.82) is 0 Å². The summed E-state index contributed by atoms with van der Waals surface area (Å²) in [6, 6.07) is 9.28. The van der Waals surface area contributed by atoms with Gasteiger partial charge in [-0.25, -0.2) is 10.1 Å². The van der Waals surface area contributed by atoms with Gasteiger partial charge in [0.05, 0.1) is 6.54 Å². The first-order valence-electron chi connectivity index (χ1n) is 6.53. The number of piperidine rings is 1. The SMILES string of the molecule is O=C1NC2(CC[N]CC2)C(=O)N1Cc1ccccc1. The molecule has 19 heavy (non-hydrogen) atoms. The summed E-state index contributed by atoms with van der Waals surface area (Å²) >= 11 is 0. The van der Waals surface area contributed by atoms with Crippen molar-refractivity contribution in [3.8, 4) is 0 Å². The van der Waals surface area contributed by atoms with E-state index < -0.39 is 5.54 Å². The molecule has 2 aliphatic heterocycles. The Morgan fingerprint density at radius 3 is 2.53 bits per heavy atom. The first kappa shape index (κ1) is 12.2. The van der Waals surface area contributed by atoms with Crippen LogP contribution in [0.4, 0.5) is 4.79 Å². The fourth-order valence-corrected chi connectivity index (χ4v) is 2.70. The third-order valence-corrected chi connectivity index (χ3v) is 3.82. The van der Waals surface area contributed by atoms with Crippen LogP contribution in [0.3, 0.4) is 0 Å². The maximum atomic E-state index is 12.5. The van der Waals surface area contributed by atoms with E-state index in [0.717, 1.165) is 5.56 Å². The fourth-order valence-electron chi connectivity index (χ4n) is 2.70. The Balaban J connectivity index is 1.79. The first-order valence-corrected chi connectivity index (χ1v) is 6.53. The van der Waals surface area contributed by atoms with E-state index in [1.165, 1.54) is 4.90 Å². The zero-order valence-corrected chi connectivity index (χ0v) is 10.6. The van der Waals surface area contributed by atoms with Crippen LogP contribution in [0.2, 0.25) is 0 Å². The predicted molar refractivity (Wildman–Crippen MR) is 69.4 cm³/mol. The summed E-state index contributed by atoms with van der Waals surface area (Å²) in [7, 11) is 0. The Kier molecular flexibility index (Phi) is 2.98. The lowest BCUT2D eigenvalue weighted by Crippen LogP contribution is -2.52. The number of urea groups is 1. The molecule has 0 bridgehead atoms. The second kappa shape index (κ2) is 4.66. The molecule has 0 aromatic heterocycles. The van der Waals surface area contributed by atoms with Gasteiger partial charge >= 0.3 is 6.03 Å². The molecule has 2 aliphatic rings. The van der Waals surface area contributed by atoms with Crippen molar-refractivity contribution in [2.24, 2.45) is 0 Å². The monoisotopic (exact) mass is 258 g/mol. The van der Waals surface area contributed by atoms with Crippen molar-refractivity contribution in [3.05, 3.63) is 35.9 Å². The third-order valence-electron chi connectivity index (χ3n) is 3.82. The van der Waals surface area contributed by atoms with Gasteiger partial charge in [-0.05, 0) is 18.4 Å². The van der Waals surface area contributed by atoms with Crippen molar-refractivity contribution in [1.82, 2.24) is 15.5 Å². The minimum Gasteiger partial charge on any atom is -0.323 e. The van der Waals surface area contributed by atoms with Gasteiger partial charge in [0.25, 0.3) is 5.91 Å². The largest absolute Gasteiger partial charge is 0.325 e. The molecular formula is C14H16N3O2. The van der Waals surface area contributed by atoms with Crippen LogP contribution in [0.25, 0.3) is 0 Å². The zero-order valence-electron chi connectivity index (χ0n) is 10.6. The molecule has 0 saturated carbocycles. The number of benzene rings is 1. The molecule has 99 valence electrons. The molecule has 0 atom stereocenters. The normalized spacial score (nSPS) is 21.8. The second-order valence-electron chi connectivity index (χ2n) is 5.06. The summed E-state index contributed by atoms with van der Waals surface area (Å²) in [5, 5.41) is 7.11. The number of nitrogens with zero attached hydrogens (tertiary/aromatic N) is 2. The van der Waals surface area contributed by atoms with Gasteiger partial charge in [0.15, 0.2) is 0 Å². The number of nitrogens with one attached hydrogen (secondary N) is 1. The number of hydrogen-bond donors (Lipinski definition) is 1. The highest BCUT2D eigenvalue weighted by atomic mass is 16.2.